The van der Waals surface area contributed by atoms with Crippen LogP contribution in [0, 0.1) is 0 Å². The van der Waals surface area contributed by atoms with Crippen LogP contribution in [0.15, 0.2) is 5.10 Å². The van der Waals surface area contributed by atoms with Crippen LogP contribution in [0.5, 0.6) is 0 Å². The first kappa shape index (κ1) is 10.2. The fourth-order valence-corrected chi connectivity index (χ4v) is 1.17. The van der Waals surface area contributed by atoms with Crippen molar-refractivity contribution in [3.05, 3.63) is 0 Å². The summed E-state index contributed by atoms with van der Waals surface area (Å²) in [6.07, 6.45) is -0.330. The van der Waals surface area contributed by atoms with Crippen molar-refractivity contribution in [3.8, 4) is 0 Å². The maximum absolute atomic E-state index is 13.2. The minimum Gasteiger partial charge on any atom is -0.267 e. The van der Waals surface area contributed by atoms with Crippen molar-refractivity contribution >= 4 is 41.1 Å². The van der Waals surface area contributed by atoms with Gasteiger partial charge in [-0.25, -0.2) is 5.01 Å². The van der Waals surface area contributed by atoms with E-state index in [0.717, 1.165) is 4.90 Å². The van der Waals surface area contributed by atoms with Crippen LogP contribution in [0.4, 0.5) is 4.39 Å². The second kappa shape index (κ2) is 3.44. The molecule has 0 fully saturated rings. The van der Waals surface area contributed by atoms with E-state index in [1.165, 1.54) is 11.3 Å². The lowest BCUT2D eigenvalue weighted by atomic mass is 10.7. The van der Waals surface area contributed by atoms with Gasteiger partial charge in [-0.15, -0.1) is 0 Å². The molecule has 0 amide bonds. The van der Waals surface area contributed by atoms with Crippen LogP contribution in [0.2, 0.25) is 0 Å². The highest BCUT2D eigenvalue weighted by Gasteiger charge is 2.39. The molecule has 3 nitrogen and oxygen atoms in total. The van der Waals surface area contributed by atoms with E-state index in [1.807, 2.05) is 0 Å². The number of halogens is 4. The zero-order valence-electron chi connectivity index (χ0n) is 6.22. The van der Waals surface area contributed by atoms with Gasteiger partial charge in [0, 0.05) is 6.54 Å². The third kappa shape index (κ3) is 1.87. The zero-order chi connectivity index (χ0) is 9.35. The Hall–Kier alpha value is 0.0700. The zero-order valence-corrected chi connectivity index (χ0v) is 8.48. The van der Waals surface area contributed by atoms with Crippen molar-refractivity contribution in [2.75, 3.05) is 6.54 Å². The normalized spacial score (nSPS) is 23.9. The smallest absolute Gasteiger partial charge is 0.267 e. The van der Waals surface area contributed by atoms with E-state index in [-0.39, 0.29) is 0 Å². The van der Waals surface area contributed by atoms with E-state index in [9.17, 15) is 4.39 Å². The van der Waals surface area contributed by atoms with Gasteiger partial charge in [0.2, 0.25) is 0 Å². The number of hydrogen-bond donors (Lipinski definition) is 0. The number of nitrogens with zero attached hydrogens (tertiary/aromatic N) is 3. The molecule has 0 saturated carbocycles. The highest BCUT2D eigenvalue weighted by molar-refractivity contribution is 6.67. The maximum Gasteiger partial charge on any atom is 0.272 e. The average Bonchev–Trinajstić information content (AvgIpc) is 2.29. The molecule has 70 valence electrons. The van der Waals surface area contributed by atoms with Gasteiger partial charge < -0.3 is 0 Å². The van der Waals surface area contributed by atoms with Gasteiger partial charge in [0.15, 0.2) is 0 Å². The summed E-state index contributed by atoms with van der Waals surface area (Å²) >= 11 is 16.4. The second-order valence-electron chi connectivity index (χ2n) is 2.17. The Labute approximate surface area is 84.7 Å². The molecule has 0 aromatic heterocycles. The fourth-order valence-electron chi connectivity index (χ4n) is 0.794. The predicted octanol–water partition coefficient (Wildman–Crippen LogP) is 2.15. The lowest BCUT2D eigenvalue weighted by Gasteiger charge is -2.27. The van der Waals surface area contributed by atoms with Crippen molar-refractivity contribution in [1.29, 1.82) is 0 Å². The Kier molecular flexibility index (Phi) is 2.91. The number of hydrazone groups is 1. The van der Waals surface area contributed by atoms with E-state index < -0.39 is 10.3 Å². The Balaban J connectivity index is 2.68. The first-order valence-corrected chi connectivity index (χ1v) is 4.40. The van der Waals surface area contributed by atoms with Gasteiger partial charge in [-0.2, -0.15) is 9.49 Å². The fraction of sp³-hybridized carbons (Fsp3) is 0.800. The van der Waals surface area contributed by atoms with Gasteiger partial charge in [-0.1, -0.05) is 34.8 Å². The summed E-state index contributed by atoms with van der Waals surface area (Å²) in [7, 11) is 0. The van der Waals surface area contributed by atoms with E-state index in [1.54, 1.807) is 6.92 Å². The van der Waals surface area contributed by atoms with Gasteiger partial charge in [-0.3, -0.25) is 4.90 Å². The third-order valence-corrected chi connectivity index (χ3v) is 2.00. The summed E-state index contributed by atoms with van der Waals surface area (Å²) in [5.74, 6) is 0. The van der Waals surface area contributed by atoms with Crippen LogP contribution in [-0.4, -0.2) is 33.1 Å². The van der Waals surface area contributed by atoms with E-state index in [0.29, 0.717) is 6.54 Å². The van der Waals surface area contributed by atoms with E-state index >= 15 is 0 Å². The van der Waals surface area contributed by atoms with Gasteiger partial charge in [0.25, 0.3) is 10.3 Å². The minimum atomic E-state index is -1.78. The molecule has 0 bridgehead atoms. The summed E-state index contributed by atoms with van der Waals surface area (Å²) in [6.45, 7) is 2.18. The van der Waals surface area contributed by atoms with Crippen molar-refractivity contribution < 1.29 is 4.39 Å². The molecule has 0 aliphatic carbocycles. The van der Waals surface area contributed by atoms with Crippen molar-refractivity contribution in [1.82, 2.24) is 9.91 Å². The SMILES string of the molecule is CCN1N=CN(C(Cl)(Cl)Cl)C1F. The Morgan fingerprint density at radius 2 is 2.17 bits per heavy atom. The van der Waals surface area contributed by atoms with Crippen LogP contribution in [0.3, 0.4) is 0 Å². The van der Waals surface area contributed by atoms with Gasteiger partial charge >= 0.3 is 0 Å². The lowest BCUT2D eigenvalue weighted by molar-refractivity contribution is 0.0175. The lowest BCUT2D eigenvalue weighted by Crippen LogP contribution is -2.42. The molecular formula is C5H7Cl3FN3. The second-order valence-corrected chi connectivity index (χ2v) is 4.39. The standard InChI is InChI=1S/C5H7Cl3FN3/c1-2-12-4(9)11(3-10-12)5(6,7)8/h3-4H,2H2,1H3. The van der Waals surface area contributed by atoms with Gasteiger partial charge in [0.1, 0.15) is 6.34 Å². The molecule has 7 heteroatoms. The van der Waals surface area contributed by atoms with Crippen LogP contribution in [0.1, 0.15) is 6.92 Å². The van der Waals surface area contributed by atoms with E-state index in [4.69, 9.17) is 34.8 Å². The van der Waals surface area contributed by atoms with Crippen molar-refractivity contribution in [2.24, 2.45) is 5.10 Å². The van der Waals surface area contributed by atoms with Crippen molar-refractivity contribution in [3.63, 3.8) is 0 Å². The average molecular weight is 234 g/mol. The van der Waals surface area contributed by atoms with Gasteiger partial charge in [-0.05, 0) is 6.92 Å². The monoisotopic (exact) mass is 233 g/mol. The molecular weight excluding hydrogens is 227 g/mol. The Morgan fingerprint density at radius 1 is 1.58 bits per heavy atom. The molecule has 1 aliphatic heterocycles. The molecule has 0 N–H and O–H groups in total. The molecule has 0 spiro atoms. The van der Waals surface area contributed by atoms with Crippen LogP contribution >= 0.6 is 34.8 Å². The van der Waals surface area contributed by atoms with Gasteiger partial charge in [0.05, 0.1) is 0 Å². The maximum atomic E-state index is 13.2. The molecule has 1 rings (SSSR count). The summed E-state index contributed by atoms with van der Waals surface area (Å²) in [5.41, 5.74) is 0. The van der Waals surface area contributed by atoms with Crippen LogP contribution in [-0.2, 0) is 0 Å². The Morgan fingerprint density at radius 3 is 2.42 bits per heavy atom. The quantitative estimate of drug-likeness (QED) is 0.511. The number of alkyl halides is 4. The predicted molar refractivity (Wildman–Crippen MR) is 47.9 cm³/mol. The highest BCUT2D eigenvalue weighted by atomic mass is 35.6. The molecule has 0 saturated heterocycles. The Bertz CT molecular complexity index is 193. The summed E-state index contributed by atoms with van der Waals surface area (Å²) in [6, 6.07) is 0. The number of rotatable bonds is 1. The van der Waals surface area contributed by atoms with Crippen LogP contribution in [0.25, 0.3) is 0 Å². The largest absolute Gasteiger partial charge is 0.272 e. The summed E-state index contributed by atoms with van der Waals surface area (Å²) < 4.78 is 11.4. The topological polar surface area (TPSA) is 18.8 Å². The molecule has 1 heterocycles. The summed E-state index contributed by atoms with van der Waals surface area (Å²) in [5, 5.41) is 4.86. The summed E-state index contributed by atoms with van der Waals surface area (Å²) in [4.78, 5) is 0.904. The molecule has 1 unspecified atom stereocenters. The highest BCUT2D eigenvalue weighted by Crippen LogP contribution is 2.34. The molecule has 1 atom stereocenters. The molecule has 0 radical (unpaired) electrons. The van der Waals surface area contributed by atoms with Crippen molar-refractivity contribution in [2.45, 2.75) is 17.3 Å². The first-order valence-electron chi connectivity index (χ1n) is 3.26. The molecule has 0 aromatic rings. The molecule has 1 aliphatic rings. The minimum absolute atomic E-state index is 0.426. The molecule has 0 aromatic carbocycles. The third-order valence-electron chi connectivity index (χ3n) is 1.42. The number of hydrogen-bond acceptors (Lipinski definition) is 3. The van der Waals surface area contributed by atoms with E-state index in [2.05, 4.69) is 5.10 Å². The van der Waals surface area contributed by atoms with Crippen LogP contribution < -0.4 is 0 Å². The first-order chi connectivity index (χ1) is 5.46. The molecule has 12 heavy (non-hydrogen) atoms.